The highest BCUT2D eigenvalue weighted by molar-refractivity contribution is 5.94. The average Bonchev–Trinajstić information content (AvgIpc) is 2.98. The molecular formula is C33H32N4O2. The Balaban J connectivity index is 1.76. The lowest BCUT2D eigenvalue weighted by molar-refractivity contribution is 0.0701. The molecule has 0 fully saturated rings. The molecule has 1 amide bonds. The van der Waals surface area contributed by atoms with Gasteiger partial charge in [0.1, 0.15) is 11.7 Å². The van der Waals surface area contributed by atoms with Crippen LogP contribution in [0.25, 0.3) is 5.65 Å². The Hall–Kier alpha value is -4.55. The van der Waals surface area contributed by atoms with Crippen LogP contribution < -0.4 is 11.3 Å². The normalized spacial score (nSPS) is 11.8. The third kappa shape index (κ3) is 5.66. The summed E-state index contributed by atoms with van der Waals surface area (Å²) in [7, 11) is 0. The molecule has 0 spiro atoms. The third-order valence-electron chi connectivity index (χ3n) is 6.93. The number of carbonyl (C=O) groups excluding carboxylic acids is 1. The number of aryl methyl sites for hydroxylation is 1. The highest BCUT2D eigenvalue weighted by atomic mass is 16.2. The number of pyridine rings is 1. The van der Waals surface area contributed by atoms with E-state index in [1.165, 1.54) is 0 Å². The van der Waals surface area contributed by atoms with Crippen molar-refractivity contribution in [3.05, 3.63) is 153 Å². The van der Waals surface area contributed by atoms with Crippen LogP contribution >= 0.6 is 0 Å². The number of amides is 1. The Kier molecular flexibility index (Phi) is 7.94. The number of hydrogen-bond acceptors (Lipinski definition) is 4. The Labute approximate surface area is 228 Å². The molecule has 1 atom stereocenters. The predicted molar refractivity (Wildman–Crippen MR) is 155 cm³/mol. The molecule has 0 saturated heterocycles. The number of rotatable bonds is 9. The molecule has 2 heterocycles. The highest BCUT2D eigenvalue weighted by Gasteiger charge is 2.32. The largest absolute Gasteiger partial charge is 0.330 e. The summed E-state index contributed by atoms with van der Waals surface area (Å²) < 4.78 is 1.58. The van der Waals surface area contributed by atoms with Gasteiger partial charge in [-0.25, -0.2) is 4.98 Å². The van der Waals surface area contributed by atoms with E-state index >= 15 is 0 Å². The molecule has 0 saturated carbocycles. The fourth-order valence-electron chi connectivity index (χ4n) is 4.93. The average molecular weight is 517 g/mol. The Morgan fingerprint density at radius 3 is 2.26 bits per heavy atom. The van der Waals surface area contributed by atoms with Crippen molar-refractivity contribution in [2.75, 3.05) is 13.1 Å². The smallest absolute Gasteiger partial charge is 0.261 e. The summed E-state index contributed by atoms with van der Waals surface area (Å²) in [6.45, 7) is 2.85. The van der Waals surface area contributed by atoms with Crippen LogP contribution in [0.1, 0.15) is 50.8 Å². The van der Waals surface area contributed by atoms with Crippen LogP contribution in [0.15, 0.2) is 114 Å². The van der Waals surface area contributed by atoms with Crippen molar-refractivity contribution in [2.45, 2.75) is 25.8 Å². The van der Waals surface area contributed by atoms with Crippen LogP contribution in [0, 0.1) is 6.92 Å². The number of benzene rings is 3. The fourth-order valence-corrected chi connectivity index (χ4v) is 4.93. The van der Waals surface area contributed by atoms with Gasteiger partial charge in [-0.1, -0.05) is 84.4 Å². The predicted octanol–water partition coefficient (Wildman–Crippen LogP) is 5.17. The Morgan fingerprint density at radius 2 is 1.56 bits per heavy atom. The van der Waals surface area contributed by atoms with E-state index in [1.807, 2.05) is 115 Å². The van der Waals surface area contributed by atoms with Gasteiger partial charge in [-0.2, -0.15) is 0 Å². The summed E-state index contributed by atoms with van der Waals surface area (Å²) >= 11 is 0. The molecule has 5 aromatic rings. The van der Waals surface area contributed by atoms with Crippen LogP contribution in [0.4, 0.5) is 0 Å². The van der Waals surface area contributed by atoms with E-state index in [0.717, 1.165) is 16.7 Å². The maximum atomic E-state index is 14.1. The minimum absolute atomic E-state index is 0.127. The van der Waals surface area contributed by atoms with Gasteiger partial charge in [-0.3, -0.25) is 14.0 Å². The molecule has 0 radical (unpaired) electrons. The summed E-state index contributed by atoms with van der Waals surface area (Å²) in [5.41, 5.74) is 11.0. The molecule has 0 aliphatic heterocycles. The summed E-state index contributed by atoms with van der Waals surface area (Å²) in [5, 5.41) is 0. The number of fused-ring (bicyclic) bond motifs is 1. The van der Waals surface area contributed by atoms with Crippen LogP contribution in [0.3, 0.4) is 0 Å². The first-order chi connectivity index (χ1) is 19.1. The number of carbonyl (C=O) groups is 1. The zero-order valence-electron chi connectivity index (χ0n) is 22.0. The maximum absolute atomic E-state index is 14.1. The number of hydrogen-bond donors (Lipinski definition) is 1. The van der Waals surface area contributed by atoms with Gasteiger partial charge in [0.05, 0.1) is 5.69 Å². The molecule has 0 aliphatic rings. The minimum Gasteiger partial charge on any atom is -0.330 e. The van der Waals surface area contributed by atoms with Gasteiger partial charge >= 0.3 is 0 Å². The first-order valence-corrected chi connectivity index (χ1v) is 13.2. The quantitative estimate of drug-likeness (QED) is 0.293. The lowest BCUT2D eigenvalue weighted by atomic mass is 9.94. The molecule has 0 bridgehead atoms. The molecule has 39 heavy (non-hydrogen) atoms. The van der Waals surface area contributed by atoms with Gasteiger partial charge in [-0.05, 0) is 55.3 Å². The zero-order chi connectivity index (χ0) is 27.2. The summed E-state index contributed by atoms with van der Waals surface area (Å²) in [4.78, 5) is 35.0. The van der Waals surface area contributed by atoms with Crippen LogP contribution in [-0.4, -0.2) is 33.3 Å². The van der Waals surface area contributed by atoms with E-state index in [1.54, 1.807) is 10.6 Å². The van der Waals surface area contributed by atoms with Crippen molar-refractivity contribution in [1.29, 1.82) is 0 Å². The molecule has 6 heteroatoms. The number of aromatic nitrogens is 2. The standard InChI is InChI=1S/C33H32N4O2/c1-24-16-18-27(19-17-24)32(38)37(22-10-20-34)31(26-13-6-3-7-14-26)30-28(23-25-11-4-2-5-12-25)33(39)36-21-9-8-15-29(36)35-30/h2-9,11-19,21,31H,10,20,22-23,34H2,1H3. The monoisotopic (exact) mass is 516 g/mol. The van der Waals surface area contributed by atoms with E-state index in [9.17, 15) is 9.59 Å². The first kappa shape index (κ1) is 26.1. The van der Waals surface area contributed by atoms with Crippen molar-refractivity contribution in [3.8, 4) is 0 Å². The van der Waals surface area contributed by atoms with Gasteiger partial charge in [0.25, 0.3) is 11.5 Å². The molecule has 0 aliphatic carbocycles. The van der Waals surface area contributed by atoms with Crippen LogP contribution in [0.2, 0.25) is 0 Å². The first-order valence-electron chi connectivity index (χ1n) is 13.2. The summed E-state index contributed by atoms with van der Waals surface area (Å²) in [5.74, 6) is -0.127. The fraction of sp³-hybridized carbons (Fsp3) is 0.182. The van der Waals surface area contributed by atoms with Crippen molar-refractivity contribution in [2.24, 2.45) is 5.73 Å². The number of nitrogens with two attached hydrogens (primary N) is 1. The van der Waals surface area contributed by atoms with E-state index in [0.29, 0.717) is 48.4 Å². The van der Waals surface area contributed by atoms with E-state index in [-0.39, 0.29) is 11.5 Å². The lowest BCUT2D eigenvalue weighted by Gasteiger charge is -2.33. The Bertz CT molecular complexity index is 1610. The molecule has 3 aromatic carbocycles. The van der Waals surface area contributed by atoms with Crippen molar-refractivity contribution in [3.63, 3.8) is 0 Å². The molecule has 2 N–H and O–H groups in total. The van der Waals surface area contributed by atoms with Gasteiger partial charge in [0.2, 0.25) is 0 Å². The summed E-state index contributed by atoms with van der Waals surface area (Å²) in [6, 6.07) is 32.2. The SMILES string of the molecule is Cc1ccc(C(=O)N(CCCN)C(c2ccccc2)c2nc3ccccn3c(=O)c2Cc2ccccc2)cc1. The maximum Gasteiger partial charge on any atom is 0.261 e. The van der Waals surface area contributed by atoms with Gasteiger partial charge in [0.15, 0.2) is 0 Å². The molecule has 1 unspecified atom stereocenters. The zero-order valence-corrected chi connectivity index (χ0v) is 22.0. The topological polar surface area (TPSA) is 80.7 Å². The second-order valence-electron chi connectivity index (χ2n) is 9.69. The molecule has 196 valence electrons. The van der Waals surface area contributed by atoms with Crippen molar-refractivity contribution in [1.82, 2.24) is 14.3 Å². The second kappa shape index (κ2) is 11.9. The van der Waals surface area contributed by atoms with Gasteiger partial charge in [0, 0.05) is 30.3 Å². The lowest BCUT2D eigenvalue weighted by Crippen LogP contribution is -2.39. The van der Waals surface area contributed by atoms with E-state index in [2.05, 4.69) is 0 Å². The second-order valence-corrected chi connectivity index (χ2v) is 9.69. The van der Waals surface area contributed by atoms with E-state index < -0.39 is 6.04 Å². The van der Waals surface area contributed by atoms with Crippen LogP contribution in [-0.2, 0) is 6.42 Å². The van der Waals surface area contributed by atoms with Crippen LogP contribution in [0.5, 0.6) is 0 Å². The van der Waals surface area contributed by atoms with E-state index in [4.69, 9.17) is 10.7 Å². The van der Waals surface area contributed by atoms with Gasteiger partial charge in [-0.15, -0.1) is 0 Å². The van der Waals surface area contributed by atoms with Crippen molar-refractivity contribution >= 4 is 11.6 Å². The van der Waals surface area contributed by atoms with Gasteiger partial charge < -0.3 is 10.6 Å². The molecule has 6 nitrogen and oxygen atoms in total. The molecule has 5 rings (SSSR count). The molecule has 2 aromatic heterocycles. The highest BCUT2D eigenvalue weighted by Crippen LogP contribution is 2.32. The molecular weight excluding hydrogens is 484 g/mol. The summed E-state index contributed by atoms with van der Waals surface area (Å²) in [6.07, 6.45) is 2.75. The Morgan fingerprint density at radius 1 is 0.897 bits per heavy atom. The van der Waals surface area contributed by atoms with Crippen molar-refractivity contribution < 1.29 is 4.79 Å². The third-order valence-corrected chi connectivity index (χ3v) is 6.93. The minimum atomic E-state index is -0.580. The number of nitrogens with zero attached hydrogens (tertiary/aromatic N) is 3.